The zero-order valence-corrected chi connectivity index (χ0v) is 14.0. The Morgan fingerprint density at radius 3 is 2.75 bits per heavy atom. The minimum absolute atomic E-state index is 0.00148. The molecule has 1 N–H and O–H groups in total. The van der Waals surface area contributed by atoms with Gasteiger partial charge in [0.15, 0.2) is 0 Å². The van der Waals surface area contributed by atoms with Crippen LogP contribution in [0.15, 0.2) is 21.6 Å². The largest absolute Gasteiger partial charge is 0.396 e. The van der Waals surface area contributed by atoms with Crippen molar-refractivity contribution in [1.29, 1.82) is 0 Å². The van der Waals surface area contributed by atoms with E-state index in [1.807, 2.05) is 0 Å². The number of pyridine rings is 1. The maximum absolute atomic E-state index is 12.7. The molecule has 0 spiro atoms. The predicted molar refractivity (Wildman–Crippen MR) is 80.2 cm³/mol. The normalized spacial score (nSPS) is 16.4. The van der Waals surface area contributed by atoms with Gasteiger partial charge in [0.25, 0.3) is 0 Å². The molecule has 1 aromatic heterocycles. The van der Waals surface area contributed by atoms with E-state index in [9.17, 15) is 8.42 Å². The molecule has 1 aromatic rings. The molecule has 20 heavy (non-hydrogen) atoms. The van der Waals surface area contributed by atoms with Crippen molar-refractivity contribution in [1.82, 2.24) is 9.29 Å². The lowest BCUT2D eigenvalue weighted by Crippen LogP contribution is -2.44. The summed E-state index contributed by atoms with van der Waals surface area (Å²) in [6.07, 6.45) is 4.60. The Bertz CT molecular complexity index is 578. The van der Waals surface area contributed by atoms with Crippen molar-refractivity contribution in [3.63, 3.8) is 0 Å². The Hall–Kier alpha value is -0.210. The first kappa shape index (κ1) is 16.2. The van der Waals surface area contributed by atoms with Gasteiger partial charge in [-0.05, 0) is 41.3 Å². The Morgan fingerprint density at radius 1 is 1.50 bits per heavy atom. The molecule has 0 radical (unpaired) electrons. The number of aliphatic hydroxyl groups is 1. The highest BCUT2D eigenvalue weighted by Crippen LogP contribution is 2.32. The van der Waals surface area contributed by atoms with Crippen LogP contribution in [0.3, 0.4) is 0 Å². The smallest absolute Gasteiger partial charge is 0.246 e. The van der Waals surface area contributed by atoms with E-state index < -0.39 is 10.0 Å². The molecular formula is C12H16BrClN2O3S. The van der Waals surface area contributed by atoms with E-state index in [-0.39, 0.29) is 22.7 Å². The highest BCUT2D eigenvalue weighted by atomic mass is 79.9. The molecule has 1 aliphatic carbocycles. The molecule has 0 saturated heterocycles. The summed E-state index contributed by atoms with van der Waals surface area (Å²) in [6, 6.07) is 1.47. The molecule has 0 amide bonds. The molecule has 112 valence electrons. The lowest BCUT2D eigenvalue weighted by molar-refractivity contribution is 0.198. The van der Waals surface area contributed by atoms with E-state index in [4.69, 9.17) is 16.7 Å². The topological polar surface area (TPSA) is 70.5 Å². The quantitative estimate of drug-likeness (QED) is 0.766. The van der Waals surface area contributed by atoms with E-state index in [2.05, 4.69) is 20.9 Å². The number of hydrogen-bond donors (Lipinski definition) is 1. The number of rotatable bonds is 6. The van der Waals surface area contributed by atoms with Crippen LogP contribution in [0, 0.1) is 0 Å². The van der Waals surface area contributed by atoms with Gasteiger partial charge in [-0.25, -0.2) is 13.4 Å². The molecule has 5 nitrogen and oxygen atoms in total. The summed E-state index contributed by atoms with van der Waals surface area (Å²) < 4.78 is 27.5. The monoisotopic (exact) mass is 382 g/mol. The van der Waals surface area contributed by atoms with Gasteiger partial charge in [-0.2, -0.15) is 4.31 Å². The molecule has 0 aliphatic heterocycles. The van der Waals surface area contributed by atoms with Crippen LogP contribution < -0.4 is 0 Å². The Kier molecular flexibility index (Phi) is 5.42. The number of sulfonamides is 1. The van der Waals surface area contributed by atoms with E-state index in [0.717, 1.165) is 19.3 Å². The molecule has 0 unspecified atom stereocenters. The Labute approximate surface area is 132 Å². The van der Waals surface area contributed by atoms with Crippen molar-refractivity contribution in [3.05, 3.63) is 21.9 Å². The third-order valence-electron chi connectivity index (χ3n) is 3.38. The average molecular weight is 384 g/mol. The number of nitrogens with zero attached hydrogens (tertiary/aromatic N) is 2. The van der Waals surface area contributed by atoms with Crippen LogP contribution >= 0.6 is 27.5 Å². The summed E-state index contributed by atoms with van der Waals surface area (Å²) in [5.41, 5.74) is 0. The van der Waals surface area contributed by atoms with Crippen molar-refractivity contribution in [2.45, 2.75) is 36.6 Å². The highest BCUT2D eigenvalue weighted by molar-refractivity contribution is 9.10. The van der Waals surface area contributed by atoms with Crippen molar-refractivity contribution in [3.8, 4) is 0 Å². The summed E-state index contributed by atoms with van der Waals surface area (Å²) in [4.78, 5) is 3.89. The maximum atomic E-state index is 12.7. The van der Waals surface area contributed by atoms with Gasteiger partial charge in [0.1, 0.15) is 10.0 Å². The SMILES string of the molecule is O=S(=O)(c1cc(Br)cnc1Cl)N(CCCO)C1CCC1. The Morgan fingerprint density at radius 2 is 2.20 bits per heavy atom. The van der Waals surface area contributed by atoms with E-state index in [1.54, 1.807) is 0 Å². The van der Waals surface area contributed by atoms with Crippen LogP contribution in [-0.2, 0) is 10.0 Å². The van der Waals surface area contributed by atoms with Gasteiger partial charge in [-0.15, -0.1) is 0 Å². The summed E-state index contributed by atoms with van der Waals surface area (Å²) in [7, 11) is -3.69. The number of hydrogen-bond acceptors (Lipinski definition) is 4. The van der Waals surface area contributed by atoms with Crippen molar-refractivity contribution in [2.75, 3.05) is 13.2 Å². The molecular weight excluding hydrogens is 368 g/mol. The first-order valence-corrected chi connectivity index (χ1v) is 9.01. The highest BCUT2D eigenvalue weighted by Gasteiger charge is 2.35. The molecule has 1 saturated carbocycles. The average Bonchev–Trinajstić information content (AvgIpc) is 2.34. The summed E-state index contributed by atoms with van der Waals surface area (Å²) in [5.74, 6) is 0. The van der Waals surface area contributed by atoms with Crippen LogP contribution in [0.1, 0.15) is 25.7 Å². The lowest BCUT2D eigenvalue weighted by atomic mass is 9.93. The summed E-state index contributed by atoms with van der Waals surface area (Å²) in [5, 5.41) is 8.93. The van der Waals surface area contributed by atoms with Gasteiger partial charge in [0.2, 0.25) is 10.0 Å². The second-order valence-electron chi connectivity index (χ2n) is 4.72. The van der Waals surface area contributed by atoms with Crippen LogP contribution in [-0.4, -0.2) is 42.0 Å². The van der Waals surface area contributed by atoms with Gasteiger partial charge < -0.3 is 5.11 Å². The fourth-order valence-corrected chi connectivity index (χ4v) is 4.76. The lowest BCUT2D eigenvalue weighted by Gasteiger charge is -2.36. The first-order valence-electron chi connectivity index (χ1n) is 6.40. The van der Waals surface area contributed by atoms with Crippen LogP contribution in [0.4, 0.5) is 0 Å². The van der Waals surface area contributed by atoms with E-state index in [1.165, 1.54) is 16.6 Å². The van der Waals surface area contributed by atoms with E-state index in [0.29, 0.717) is 17.4 Å². The fourth-order valence-electron chi connectivity index (χ4n) is 2.11. The summed E-state index contributed by atoms with van der Waals surface area (Å²) >= 11 is 9.15. The molecule has 0 atom stereocenters. The van der Waals surface area contributed by atoms with Gasteiger partial charge in [0, 0.05) is 29.9 Å². The first-order chi connectivity index (χ1) is 9.46. The van der Waals surface area contributed by atoms with Crippen LogP contribution in [0.25, 0.3) is 0 Å². The minimum Gasteiger partial charge on any atom is -0.396 e. The zero-order chi connectivity index (χ0) is 14.8. The molecule has 0 aromatic carbocycles. The number of aromatic nitrogens is 1. The van der Waals surface area contributed by atoms with Crippen LogP contribution in [0.5, 0.6) is 0 Å². The molecule has 0 bridgehead atoms. The minimum atomic E-state index is -3.69. The van der Waals surface area contributed by atoms with Gasteiger partial charge in [-0.1, -0.05) is 18.0 Å². The second-order valence-corrected chi connectivity index (χ2v) is 7.85. The zero-order valence-electron chi connectivity index (χ0n) is 10.8. The predicted octanol–water partition coefficient (Wildman–Crippen LogP) is 2.42. The van der Waals surface area contributed by atoms with Gasteiger partial charge in [-0.3, -0.25) is 0 Å². The maximum Gasteiger partial charge on any atom is 0.246 e. The molecule has 1 fully saturated rings. The number of aliphatic hydroxyl groups excluding tert-OH is 1. The van der Waals surface area contributed by atoms with Crippen molar-refractivity contribution in [2.24, 2.45) is 0 Å². The van der Waals surface area contributed by atoms with E-state index >= 15 is 0 Å². The number of halogens is 2. The molecule has 2 rings (SSSR count). The second kappa shape index (κ2) is 6.70. The van der Waals surface area contributed by atoms with Crippen LogP contribution in [0.2, 0.25) is 5.15 Å². The molecule has 1 aliphatic rings. The third-order valence-corrected chi connectivity index (χ3v) is 6.19. The van der Waals surface area contributed by atoms with Crippen molar-refractivity contribution < 1.29 is 13.5 Å². The fraction of sp³-hybridized carbons (Fsp3) is 0.583. The Balaban J connectivity index is 2.36. The summed E-state index contributed by atoms with van der Waals surface area (Å²) in [6.45, 7) is 0.259. The van der Waals surface area contributed by atoms with Gasteiger partial charge >= 0.3 is 0 Å². The third kappa shape index (κ3) is 3.33. The van der Waals surface area contributed by atoms with Crippen molar-refractivity contribution >= 4 is 37.6 Å². The molecule has 1 heterocycles. The molecule has 8 heteroatoms. The standard InChI is InChI=1S/C12H16BrClN2O3S/c13-9-7-11(12(14)15-8-9)20(18,19)16(5-2-6-17)10-3-1-4-10/h7-8,10,17H,1-6H2. The van der Waals surface area contributed by atoms with Gasteiger partial charge in [0.05, 0.1) is 0 Å².